The molecule has 0 amide bonds. The van der Waals surface area contributed by atoms with Crippen LogP contribution in [0.2, 0.25) is 0 Å². The molecular weight excluding hydrogens is 233 g/mol. The van der Waals surface area contributed by atoms with Crippen LogP contribution in [0.25, 0.3) is 0 Å². The maximum Gasteiger partial charge on any atom is 0.391 e. The lowest BCUT2D eigenvalue weighted by Crippen LogP contribution is -2.51. The second kappa shape index (κ2) is 5.54. The predicted octanol–water partition coefficient (Wildman–Crippen LogP) is 1.94. The SMILES string of the molecule is FC(F)(F)C1CCC(NN2CCOCC2)CC1. The van der Waals surface area contributed by atoms with E-state index in [1.54, 1.807) is 0 Å². The lowest BCUT2D eigenvalue weighted by Gasteiger charge is -2.35. The average Bonchev–Trinajstić information content (AvgIpc) is 2.30. The smallest absolute Gasteiger partial charge is 0.379 e. The topological polar surface area (TPSA) is 24.5 Å². The molecule has 0 unspecified atom stereocenters. The van der Waals surface area contributed by atoms with Gasteiger partial charge < -0.3 is 4.74 Å². The molecule has 2 aliphatic rings. The van der Waals surface area contributed by atoms with E-state index >= 15 is 0 Å². The molecule has 0 atom stereocenters. The molecule has 1 saturated heterocycles. The number of rotatable bonds is 2. The van der Waals surface area contributed by atoms with Crippen molar-refractivity contribution in [3.63, 3.8) is 0 Å². The van der Waals surface area contributed by atoms with Gasteiger partial charge in [0.2, 0.25) is 0 Å². The fraction of sp³-hybridized carbons (Fsp3) is 1.00. The molecule has 1 N–H and O–H groups in total. The summed E-state index contributed by atoms with van der Waals surface area (Å²) in [5.41, 5.74) is 3.32. The number of halogens is 3. The normalized spacial score (nSPS) is 32.6. The molecule has 1 aliphatic carbocycles. The third kappa shape index (κ3) is 3.82. The van der Waals surface area contributed by atoms with Crippen LogP contribution in [0, 0.1) is 5.92 Å². The molecule has 1 heterocycles. The van der Waals surface area contributed by atoms with E-state index < -0.39 is 12.1 Å². The Hall–Kier alpha value is -0.330. The van der Waals surface area contributed by atoms with Gasteiger partial charge in [-0.3, -0.25) is 5.43 Å². The molecule has 0 bridgehead atoms. The van der Waals surface area contributed by atoms with Gasteiger partial charge in [-0.25, -0.2) is 5.01 Å². The minimum Gasteiger partial charge on any atom is -0.379 e. The second-order valence-electron chi connectivity index (χ2n) is 4.82. The predicted molar refractivity (Wildman–Crippen MR) is 57.3 cm³/mol. The van der Waals surface area contributed by atoms with Crippen LogP contribution in [0.15, 0.2) is 0 Å². The van der Waals surface area contributed by atoms with Gasteiger partial charge in [0.15, 0.2) is 0 Å². The molecule has 0 spiro atoms. The van der Waals surface area contributed by atoms with Crippen LogP contribution in [-0.4, -0.2) is 43.5 Å². The van der Waals surface area contributed by atoms with E-state index in [0.29, 0.717) is 26.1 Å². The van der Waals surface area contributed by atoms with E-state index in [4.69, 9.17) is 4.74 Å². The van der Waals surface area contributed by atoms with Gasteiger partial charge in [-0.15, -0.1) is 0 Å². The van der Waals surface area contributed by atoms with E-state index in [9.17, 15) is 13.2 Å². The minimum atomic E-state index is -4.01. The van der Waals surface area contributed by atoms with Crippen LogP contribution in [0.1, 0.15) is 25.7 Å². The van der Waals surface area contributed by atoms with Gasteiger partial charge in [-0.05, 0) is 25.7 Å². The molecule has 0 aromatic heterocycles. The van der Waals surface area contributed by atoms with Gasteiger partial charge >= 0.3 is 6.18 Å². The lowest BCUT2D eigenvalue weighted by atomic mass is 9.86. The van der Waals surface area contributed by atoms with Crippen LogP contribution in [0.4, 0.5) is 13.2 Å². The highest BCUT2D eigenvalue weighted by molar-refractivity contribution is 4.80. The highest BCUT2D eigenvalue weighted by Crippen LogP contribution is 2.37. The molecular formula is C11H19F3N2O. The van der Waals surface area contributed by atoms with Crippen molar-refractivity contribution in [2.75, 3.05) is 26.3 Å². The van der Waals surface area contributed by atoms with Crippen molar-refractivity contribution in [3.05, 3.63) is 0 Å². The Balaban J connectivity index is 1.71. The summed E-state index contributed by atoms with van der Waals surface area (Å²) in [6.45, 7) is 3.04. The quantitative estimate of drug-likeness (QED) is 0.813. The number of hydrogen-bond donors (Lipinski definition) is 1. The Labute approximate surface area is 99.3 Å². The first kappa shape index (κ1) is 13.1. The molecule has 2 fully saturated rings. The van der Waals surface area contributed by atoms with Crippen LogP contribution < -0.4 is 5.43 Å². The first-order valence-corrected chi connectivity index (χ1v) is 6.21. The highest BCUT2D eigenvalue weighted by atomic mass is 19.4. The monoisotopic (exact) mass is 252 g/mol. The number of nitrogens with zero attached hydrogens (tertiary/aromatic N) is 1. The van der Waals surface area contributed by atoms with Crippen LogP contribution in [0.5, 0.6) is 0 Å². The van der Waals surface area contributed by atoms with Gasteiger partial charge in [-0.2, -0.15) is 13.2 Å². The van der Waals surface area contributed by atoms with Gasteiger partial charge in [0, 0.05) is 19.1 Å². The summed E-state index contributed by atoms with van der Waals surface area (Å²) >= 11 is 0. The van der Waals surface area contributed by atoms with Gasteiger partial charge in [0.1, 0.15) is 0 Å². The summed E-state index contributed by atoms with van der Waals surface area (Å²) in [4.78, 5) is 0. The van der Waals surface area contributed by atoms with Crippen molar-refractivity contribution in [3.8, 4) is 0 Å². The number of hydrazine groups is 1. The summed E-state index contributed by atoms with van der Waals surface area (Å²) in [5.74, 6) is -1.09. The Morgan fingerprint density at radius 1 is 1.00 bits per heavy atom. The van der Waals surface area contributed by atoms with Crippen LogP contribution >= 0.6 is 0 Å². The zero-order chi connectivity index (χ0) is 12.3. The number of nitrogens with one attached hydrogen (secondary N) is 1. The molecule has 0 radical (unpaired) electrons. The van der Waals surface area contributed by atoms with Crippen molar-refractivity contribution in [1.29, 1.82) is 0 Å². The van der Waals surface area contributed by atoms with Crippen molar-refractivity contribution >= 4 is 0 Å². The van der Waals surface area contributed by atoms with Crippen LogP contribution in [-0.2, 0) is 4.74 Å². The Morgan fingerprint density at radius 2 is 1.59 bits per heavy atom. The van der Waals surface area contributed by atoms with E-state index in [1.807, 2.05) is 0 Å². The van der Waals surface area contributed by atoms with E-state index in [1.165, 1.54) is 0 Å². The maximum atomic E-state index is 12.5. The Bertz CT molecular complexity index is 233. The standard InChI is InChI=1S/C11H19F3N2O/c12-11(13,14)9-1-3-10(4-2-9)15-16-5-7-17-8-6-16/h9-10,15H,1-8H2. The van der Waals surface area contributed by atoms with Crippen LogP contribution in [0.3, 0.4) is 0 Å². The zero-order valence-corrected chi connectivity index (χ0v) is 9.80. The third-order valence-corrected chi connectivity index (χ3v) is 3.57. The molecule has 2 rings (SSSR count). The fourth-order valence-corrected chi connectivity index (χ4v) is 2.50. The molecule has 100 valence electrons. The maximum absolute atomic E-state index is 12.5. The number of morpholine rings is 1. The number of ether oxygens (including phenoxy) is 1. The fourth-order valence-electron chi connectivity index (χ4n) is 2.50. The summed E-state index contributed by atoms with van der Waals surface area (Å²) < 4.78 is 42.7. The minimum absolute atomic E-state index is 0.201. The molecule has 0 aromatic rings. The summed E-state index contributed by atoms with van der Waals surface area (Å²) in [5, 5.41) is 2.07. The molecule has 17 heavy (non-hydrogen) atoms. The van der Waals surface area contributed by atoms with Crippen molar-refractivity contribution in [1.82, 2.24) is 10.4 Å². The van der Waals surface area contributed by atoms with E-state index in [-0.39, 0.29) is 18.9 Å². The first-order chi connectivity index (χ1) is 8.05. The Kier molecular flexibility index (Phi) is 4.27. The van der Waals surface area contributed by atoms with E-state index in [0.717, 1.165) is 13.1 Å². The van der Waals surface area contributed by atoms with Crippen molar-refractivity contribution in [2.45, 2.75) is 37.9 Å². The largest absolute Gasteiger partial charge is 0.391 e. The second-order valence-corrected chi connectivity index (χ2v) is 4.82. The molecule has 1 saturated carbocycles. The number of hydrogen-bond acceptors (Lipinski definition) is 3. The average molecular weight is 252 g/mol. The van der Waals surface area contributed by atoms with Gasteiger partial charge in [-0.1, -0.05) is 0 Å². The molecule has 3 nitrogen and oxygen atoms in total. The molecule has 0 aromatic carbocycles. The van der Waals surface area contributed by atoms with E-state index in [2.05, 4.69) is 10.4 Å². The highest BCUT2D eigenvalue weighted by Gasteiger charge is 2.41. The summed E-state index contributed by atoms with van der Waals surface area (Å²) in [6.07, 6.45) is -2.27. The summed E-state index contributed by atoms with van der Waals surface area (Å²) in [6, 6.07) is 0.201. The molecule has 1 aliphatic heterocycles. The molecule has 6 heteroatoms. The van der Waals surface area contributed by atoms with Gasteiger partial charge in [0.25, 0.3) is 0 Å². The zero-order valence-electron chi connectivity index (χ0n) is 9.80. The Morgan fingerprint density at radius 3 is 2.12 bits per heavy atom. The van der Waals surface area contributed by atoms with Crippen molar-refractivity contribution in [2.24, 2.45) is 5.92 Å². The third-order valence-electron chi connectivity index (χ3n) is 3.57. The summed E-state index contributed by atoms with van der Waals surface area (Å²) in [7, 11) is 0. The number of alkyl halides is 3. The first-order valence-electron chi connectivity index (χ1n) is 6.21. The lowest BCUT2D eigenvalue weighted by molar-refractivity contribution is -0.183. The van der Waals surface area contributed by atoms with Gasteiger partial charge in [0.05, 0.1) is 19.1 Å². The van der Waals surface area contributed by atoms with Crippen molar-refractivity contribution < 1.29 is 17.9 Å².